The Morgan fingerprint density at radius 3 is 2.59 bits per heavy atom. The monoisotopic (exact) mass is 324 g/mol. The van der Waals surface area contributed by atoms with Crippen molar-refractivity contribution in [1.82, 2.24) is 29.6 Å². The van der Waals surface area contributed by atoms with Gasteiger partial charge in [0, 0.05) is 24.9 Å². The fraction of sp³-hybridized carbons (Fsp3) is 0.571. The van der Waals surface area contributed by atoms with E-state index in [0.717, 1.165) is 31.8 Å². The van der Waals surface area contributed by atoms with Gasteiger partial charge in [-0.3, -0.25) is 4.57 Å². The third-order valence-corrected chi connectivity index (χ3v) is 3.88. The van der Waals surface area contributed by atoms with Gasteiger partial charge in [-0.25, -0.2) is 19.4 Å². The molecule has 0 aromatic carbocycles. The number of halogens is 1. The fourth-order valence-corrected chi connectivity index (χ4v) is 2.79. The van der Waals surface area contributed by atoms with Crippen molar-refractivity contribution in [3.8, 4) is 0 Å². The second-order valence-electron chi connectivity index (χ2n) is 5.23. The molecular weight excluding hydrogens is 304 g/mol. The molecule has 0 radical (unpaired) electrons. The Kier molecular flexibility index (Phi) is 5.68. The molecule has 8 heteroatoms. The molecule has 1 aliphatic rings. The second kappa shape index (κ2) is 7.51. The van der Waals surface area contributed by atoms with Crippen LogP contribution < -0.4 is 11.0 Å². The summed E-state index contributed by atoms with van der Waals surface area (Å²) in [6.07, 6.45) is 5.41. The highest BCUT2D eigenvalue weighted by Crippen LogP contribution is 2.22. The van der Waals surface area contributed by atoms with E-state index in [9.17, 15) is 4.79 Å². The van der Waals surface area contributed by atoms with Crippen molar-refractivity contribution in [2.24, 2.45) is 0 Å². The molecule has 0 spiro atoms. The molecule has 0 saturated carbocycles. The maximum atomic E-state index is 12.5. The van der Waals surface area contributed by atoms with Crippen molar-refractivity contribution in [1.29, 1.82) is 0 Å². The van der Waals surface area contributed by atoms with Crippen molar-refractivity contribution in [2.75, 3.05) is 13.1 Å². The standard InChI is InChI=1S/C14H20N6O.ClH/c1-2-19-13(11-4-8-15-9-5-11)18-20(14(19)21)10-12-16-6-3-7-17-12;/h3,6-7,11,15H,2,4-5,8-10H2,1H3;1H. The van der Waals surface area contributed by atoms with Crippen LogP contribution in [0.15, 0.2) is 23.3 Å². The summed E-state index contributed by atoms with van der Waals surface area (Å²) < 4.78 is 3.26. The Balaban J connectivity index is 0.00000176. The maximum absolute atomic E-state index is 12.5. The summed E-state index contributed by atoms with van der Waals surface area (Å²) in [5.74, 6) is 1.87. The summed E-state index contributed by atoms with van der Waals surface area (Å²) in [6, 6.07) is 1.76. The van der Waals surface area contributed by atoms with Gasteiger partial charge in [0.2, 0.25) is 0 Å². The summed E-state index contributed by atoms with van der Waals surface area (Å²) in [6.45, 7) is 4.92. The molecule has 1 saturated heterocycles. The van der Waals surface area contributed by atoms with Crippen LogP contribution in [0.5, 0.6) is 0 Å². The van der Waals surface area contributed by atoms with Crippen LogP contribution in [0.3, 0.4) is 0 Å². The molecular formula is C14H21ClN6O. The molecule has 0 atom stereocenters. The fourth-order valence-electron chi connectivity index (χ4n) is 2.79. The average molecular weight is 325 g/mol. The topological polar surface area (TPSA) is 77.6 Å². The number of hydrogen-bond donors (Lipinski definition) is 1. The van der Waals surface area contributed by atoms with Gasteiger partial charge < -0.3 is 5.32 Å². The molecule has 2 aromatic rings. The predicted octanol–water partition coefficient (Wildman–Crippen LogP) is 0.792. The van der Waals surface area contributed by atoms with Crippen molar-refractivity contribution < 1.29 is 0 Å². The van der Waals surface area contributed by atoms with Crippen LogP contribution >= 0.6 is 12.4 Å². The lowest BCUT2D eigenvalue weighted by Gasteiger charge is -2.21. The molecule has 0 unspecified atom stereocenters. The molecule has 1 N–H and O–H groups in total. The lowest BCUT2D eigenvalue weighted by molar-refractivity contribution is 0.429. The minimum absolute atomic E-state index is 0. The summed E-state index contributed by atoms with van der Waals surface area (Å²) in [4.78, 5) is 20.8. The van der Waals surface area contributed by atoms with E-state index in [1.165, 1.54) is 4.68 Å². The lowest BCUT2D eigenvalue weighted by Crippen LogP contribution is -2.29. The van der Waals surface area contributed by atoms with E-state index >= 15 is 0 Å². The minimum atomic E-state index is -0.0708. The number of rotatable bonds is 4. The van der Waals surface area contributed by atoms with Gasteiger partial charge in [0.05, 0.1) is 0 Å². The van der Waals surface area contributed by atoms with Crippen molar-refractivity contribution in [3.63, 3.8) is 0 Å². The van der Waals surface area contributed by atoms with E-state index in [1.807, 2.05) is 6.92 Å². The summed E-state index contributed by atoms with van der Waals surface area (Å²) in [7, 11) is 0. The molecule has 120 valence electrons. The smallest absolute Gasteiger partial charge is 0.317 e. The minimum Gasteiger partial charge on any atom is -0.317 e. The van der Waals surface area contributed by atoms with Gasteiger partial charge in [0.25, 0.3) is 0 Å². The zero-order valence-electron chi connectivity index (χ0n) is 12.6. The normalized spacial score (nSPS) is 15.5. The van der Waals surface area contributed by atoms with E-state index in [1.54, 1.807) is 23.0 Å². The molecule has 3 rings (SSSR count). The largest absolute Gasteiger partial charge is 0.346 e. The number of nitrogens with zero attached hydrogens (tertiary/aromatic N) is 5. The van der Waals surface area contributed by atoms with E-state index < -0.39 is 0 Å². The van der Waals surface area contributed by atoms with Crippen LogP contribution in [0.25, 0.3) is 0 Å². The number of hydrogen-bond acceptors (Lipinski definition) is 5. The van der Waals surface area contributed by atoms with Crippen molar-refractivity contribution in [3.05, 3.63) is 40.6 Å². The van der Waals surface area contributed by atoms with Crippen LogP contribution in [0.4, 0.5) is 0 Å². The van der Waals surface area contributed by atoms with Gasteiger partial charge >= 0.3 is 5.69 Å². The first-order valence-electron chi connectivity index (χ1n) is 7.43. The molecule has 1 fully saturated rings. The third kappa shape index (κ3) is 3.36. The predicted molar refractivity (Wildman–Crippen MR) is 85.4 cm³/mol. The summed E-state index contributed by atoms with van der Waals surface area (Å²) in [5, 5.41) is 7.90. The van der Waals surface area contributed by atoms with E-state index in [4.69, 9.17) is 0 Å². The van der Waals surface area contributed by atoms with Gasteiger partial charge in [-0.05, 0) is 38.9 Å². The molecule has 0 bridgehead atoms. The third-order valence-electron chi connectivity index (χ3n) is 3.88. The van der Waals surface area contributed by atoms with Crippen LogP contribution in [0, 0.1) is 0 Å². The molecule has 7 nitrogen and oxygen atoms in total. The summed E-state index contributed by atoms with van der Waals surface area (Å²) in [5.41, 5.74) is -0.0708. The quantitative estimate of drug-likeness (QED) is 0.899. The van der Waals surface area contributed by atoms with Gasteiger partial charge in [-0.1, -0.05) is 0 Å². The Hall–Kier alpha value is -1.73. The second-order valence-corrected chi connectivity index (χ2v) is 5.23. The highest BCUT2D eigenvalue weighted by molar-refractivity contribution is 5.85. The van der Waals surface area contributed by atoms with E-state index in [0.29, 0.717) is 24.8 Å². The van der Waals surface area contributed by atoms with Crippen molar-refractivity contribution in [2.45, 2.75) is 38.8 Å². The lowest BCUT2D eigenvalue weighted by atomic mass is 9.97. The Labute approximate surface area is 135 Å². The van der Waals surface area contributed by atoms with Crippen molar-refractivity contribution >= 4 is 12.4 Å². The average Bonchev–Trinajstić information content (AvgIpc) is 2.85. The maximum Gasteiger partial charge on any atom is 0.346 e. The molecule has 3 heterocycles. The molecule has 0 amide bonds. The highest BCUT2D eigenvalue weighted by atomic mass is 35.5. The van der Waals surface area contributed by atoms with Gasteiger partial charge in [-0.2, -0.15) is 5.10 Å². The van der Waals surface area contributed by atoms with E-state index in [-0.39, 0.29) is 18.1 Å². The first-order chi connectivity index (χ1) is 10.3. The molecule has 22 heavy (non-hydrogen) atoms. The molecule has 2 aromatic heterocycles. The Morgan fingerprint density at radius 1 is 1.27 bits per heavy atom. The number of aromatic nitrogens is 5. The number of piperidine rings is 1. The molecule has 1 aliphatic heterocycles. The van der Waals surface area contributed by atoms with Crippen LogP contribution in [0.1, 0.15) is 37.3 Å². The molecule has 0 aliphatic carbocycles. The van der Waals surface area contributed by atoms with Crippen LogP contribution in [-0.4, -0.2) is 37.4 Å². The highest BCUT2D eigenvalue weighted by Gasteiger charge is 2.23. The summed E-state index contributed by atoms with van der Waals surface area (Å²) >= 11 is 0. The van der Waals surface area contributed by atoms with Crippen LogP contribution in [-0.2, 0) is 13.1 Å². The SMILES string of the molecule is CCn1c(C2CCNCC2)nn(Cc2ncccn2)c1=O.Cl. The van der Waals surface area contributed by atoms with E-state index in [2.05, 4.69) is 20.4 Å². The first kappa shape index (κ1) is 16.6. The van der Waals surface area contributed by atoms with Gasteiger partial charge in [0.1, 0.15) is 18.2 Å². The van der Waals surface area contributed by atoms with Gasteiger partial charge in [0.15, 0.2) is 0 Å². The Morgan fingerprint density at radius 2 is 1.95 bits per heavy atom. The zero-order valence-corrected chi connectivity index (χ0v) is 13.4. The zero-order chi connectivity index (χ0) is 14.7. The van der Waals surface area contributed by atoms with Crippen LogP contribution in [0.2, 0.25) is 0 Å². The van der Waals surface area contributed by atoms with Gasteiger partial charge in [-0.15, -0.1) is 12.4 Å². The number of nitrogens with one attached hydrogen (secondary N) is 1. The Bertz CT molecular complexity index is 647. The first-order valence-corrected chi connectivity index (χ1v) is 7.43.